The van der Waals surface area contributed by atoms with Crippen LogP contribution in [0.25, 0.3) is 0 Å². The lowest BCUT2D eigenvalue weighted by molar-refractivity contribution is 0.106. The molecule has 1 aliphatic rings. The van der Waals surface area contributed by atoms with E-state index < -0.39 is 0 Å². The highest BCUT2D eigenvalue weighted by atomic mass is 16.5. The molecule has 0 aliphatic carbocycles. The molecule has 2 heterocycles. The molecular formula is C24H38N4O2. The monoisotopic (exact) mass is 414 g/mol. The lowest BCUT2D eigenvalue weighted by Gasteiger charge is -2.35. The number of likely N-dealkylation sites (tertiary alicyclic amines) is 1. The first-order chi connectivity index (χ1) is 14.6. The van der Waals surface area contributed by atoms with E-state index in [1.165, 1.54) is 24.0 Å². The summed E-state index contributed by atoms with van der Waals surface area (Å²) in [6, 6.07) is 8.76. The Morgan fingerprint density at radius 2 is 1.93 bits per heavy atom. The molecule has 0 spiro atoms. The van der Waals surface area contributed by atoms with Gasteiger partial charge in [0.2, 0.25) is 0 Å². The second-order valence-electron chi connectivity index (χ2n) is 8.68. The van der Waals surface area contributed by atoms with E-state index >= 15 is 0 Å². The standard InChI is InChI=1S/C24H38N4O2/c1-20(2)28-18-22(15-25-28)17-27(13-14-29-3)16-21-9-11-26(12-10-21)19-23-7-5-6-8-24(23)30-4/h5-8,15,18,20-21H,9-14,16-17,19H2,1-4H3. The Morgan fingerprint density at radius 3 is 2.60 bits per heavy atom. The van der Waals surface area contributed by atoms with Crippen LogP contribution in [0.4, 0.5) is 0 Å². The van der Waals surface area contributed by atoms with Crippen molar-refractivity contribution in [2.45, 2.75) is 45.8 Å². The fourth-order valence-corrected chi connectivity index (χ4v) is 4.22. The molecule has 0 saturated carbocycles. The number of piperidine rings is 1. The summed E-state index contributed by atoms with van der Waals surface area (Å²) in [4.78, 5) is 5.09. The van der Waals surface area contributed by atoms with Crippen LogP contribution in [0, 0.1) is 5.92 Å². The van der Waals surface area contributed by atoms with Gasteiger partial charge in [0.25, 0.3) is 0 Å². The summed E-state index contributed by atoms with van der Waals surface area (Å²) < 4.78 is 12.9. The predicted molar refractivity (Wildman–Crippen MR) is 121 cm³/mol. The van der Waals surface area contributed by atoms with E-state index in [9.17, 15) is 0 Å². The molecule has 1 aromatic heterocycles. The first kappa shape index (κ1) is 22.8. The van der Waals surface area contributed by atoms with Gasteiger partial charge >= 0.3 is 0 Å². The van der Waals surface area contributed by atoms with Crippen LogP contribution in [0.5, 0.6) is 5.75 Å². The quantitative estimate of drug-likeness (QED) is 0.559. The summed E-state index contributed by atoms with van der Waals surface area (Å²) >= 11 is 0. The molecule has 3 rings (SSSR count). The van der Waals surface area contributed by atoms with Crippen molar-refractivity contribution < 1.29 is 9.47 Å². The number of benzene rings is 1. The second-order valence-corrected chi connectivity index (χ2v) is 8.68. The van der Waals surface area contributed by atoms with Gasteiger partial charge in [-0.15, -0.1) is 0 Å². The molecule has 166 valence electrons. The Kier molecular flexibility index (Phi) is 8.73. The predicted octanol–water partition coefficient (Wildman–Crippen LogP) is 3.83. The highest BCUT2D eigenvalue weighted by Crippen LogP contribution is 2.24. The molecule has 1 aromatic carbocycles. The maximum absolute atomic E-state index is 5.52. The van der Waals surface area contributed by atoms with E-state index in [1.807, 2.05) is 16.9 Å². The first-order valence-corrected chi connectivity index (χ1v) is 11.2. The van der Waals surface area contributed by atoms with E-state index in [4.69, 9.17) is 9.47 Å². The van der Waals surface area contributed by atoms with Crippen molar-refractivity contribution in [3.8, 4) is 5.75 Å². The Bertz CT molecular complexity index is 753. The van der Waals surface area contributed by atoms with Crippen LogP contribution < -0.4 is 4.74 Å². The highest BCUT2D eigenvalue weighted by molar-refractivity contribution is 5.33. The van der Waals surface area contributed by atoms with Crippen molar-refractivity contribution in [3.05, 3.63) is 47.8 Å². The van der Waals surface area contributed by atoms with Gasteiger partial charge in [0.05, 0.1) is 19.9 Å². The van der Waals surface area contributed by atoms with Gasteiger partial charge in [0, 0.05) is 56.7 Å². The van der Waals surface area contributed by atoms with Gasteiger partial charge in [-0.3, -0.25) is 14.5 Å². The highest BCUT2D eigenvalue weighted by Gasteiger charge is 2.22. The third-order valence-corrected chi connectivity index (χ3v) is 6.01. The fraction of sp³-hybridized carbons (Fsp3) is 0.625. The average molecular weight is 415 g/mol. The zero-order valence-corrected chi connectivity index (χ0v) is 19.1. The summed E-state index contributed by atoms with van der Waals surface area (Å²) in [5.74, 6) is 1.73. The number of hydrogen-bond donors (Lipinski definition) is 0. The number of para-hydroxylation sites is 1. The Labute approximate surface area is 181 Å². The molecule has 1 saturated heterocycles. The van der Waals surface area contributed by atoms with Crippen LogP contribution in [0.1, 0.15) is 43.9 Å². The van der Waals surface area contributed by atoms with Gasteiger partial charge in [-0.25, -0.2) is 0 Å². The minimum Gasteiger partial charge on any atom is -0.496 e. The maximum Gasteiger partial charge on any atom is 0.123 e. The Morgan fingerprint density at radius 1 is 1.17 bits per heavy atom. The normalized spacial score (nSPS) is 15.9. The number of methoxy groups -OCH3 is 2. The molecule has 6 heteroatoms. The van der Waals surface area contributed by atoms with E-state index in [0.29, 0.717) is 6.04 Å². The molecular weight excluding hydrogens is 376 g/mol. The summed E-state index contributed by atoms with van der Waals surface area (Å²) in [6.45, 7) is 11.4. The molecule has 0 unspecified atom stereocenters. The molecule has 1 aliphatic heterocycles. The van der Waals surface area contributed by atoms with Crippen LogP contribution >= 0.6 is 0 Å². The SMILES string of the molecule is COCCN(Cc1cnn(C(C)C)c1)CC1CCN(Cc2ccccc2OC)CC1. The number of rotatable bonds is 11. The van der Waals surface area contributed by atoms with Gasteiger partial charge in [0.15, 0.2) is 0 Å². The van der Waals surface area contributed by atoms with Gasteiger partial charge < -0.3 is 9.47 Å². The average Bonchev–Trinajstić information content (AvgIpc) is 3.22. The van der Waals surface area contributed by atoms with Crippen molar-refractivity contribution in [2.24, 2.45) is 5.92 Å². The summed E-state index contributed by atoms with van der Waals surface area (Å²) in [5, 5.41) is 4.50. The van der Waals surface area contributed by atoms with E-state index in [2.05, 4.69) is 53.1 Å². The number of hydrogen-bond acceptors (Lipinski definition) is 5. The van der Waals surface area contributed by atoms with Crippen molar-refractivity contribution in [3.63, 3.8) is 0 Å². The summed E-state index contributed by atoms with van der Waals surface area (Å²) in [5.41, 5.74) is 2.57. The fourth-order valence-electron chi connectivity index (χ4n) is 4.22. The lowest BCUT2D eigenvalue weighted by atomic mass is 9.95. The van der Waals surface area contributed by atoms with Crippen molar-refractivity contribution in [2.75, 3.05) is 47.0 Å². The van der Waals surface area contributed by atoms with Crippen LogP contribution in [0.2, 0.25) is 0 Å². The maximum atomic E-state index is 5.52. The first-order valence-electron chi connectivity index (χ1n) is 11.2. The number of aromatic nitrogens is 2. The van der Waals surface area contributed by atoms with E-state index in [-0.39, 0.29) is 0 Å². The largest absolute Gasteiger partial charge is 0.496 e. The zero-order chi connectivity index (χ0) is 21.3. The van der Waals surface area contributed by atoms with Gasteiger partial charge in [-0.1, -0.05) is 18.2 Å². The van der Waals surface area contributed by atoms with Crippen LogP contribution in [0.15, 0.2) is 36.7 Å². The van der Waals surface area contributed by atoms with Gasteiger partial charge in [-0.05, 0) is 51.8 Å². The number of nitrogens with zero attached hydrogens (tertiary/aromatic N) is 4. The van der Waals surface area contributed by atoms with Gasteiger partial charge in [0.1, 0.15) is 5.75 Å². The van der Waals surface area contributed by atoms with Crippen LogP contribution in [-0.4, -0.2) is 66.6 Å². The molecule has 1 fully saturated rings. The second kappa shape index (κ2) is 11.5. The topological polar surface area (TPSA) is 42.8 Å². The molecule has 30 heavy (non-hydrogen) atoms. The van der Waals surface area contributed by atoms with Gasteiger partial charge in [-0.2, -0.15) is 5.10 Å². The smallest absolute Gasteiger partial charge is 0.123 e. The van der Waals surface area contributed by atoms with Crippen LogP contribution in [0.3, 0.4) is 0 Å². The molecule has 0 atom stereocenters. The minimum absolute atomic E-state index is 0.402. The molecule has 0 N–H and O–H groups in total. The van der Waals surface area contributed by atoms with E-state index in [1.54, 1.807) is 14.2 Å². The van der Waals surface area contributed by atoms with E-state index in [0.717, 1.165) is 57.5 Å². The molecule has 6 nitrogen and oxygen atoms in total. The summed E-state index contributed by atoms with van der Waals surface area (Å²) in [6.07, 6.45) is 6.67. The Balaban J connectivity index is 1.51. The van der Waals surface area contributed by atoms with Crippen molar-refractivity contribution in [1.82, 2.24) is 19.6 Å². The third-order valence-electron chi connectivity index (χ3n) is 6.01. The number of ether oxygens (including phenoxy) is 2. The summed E-state index contributed by atoms with van der Waals surface area (Å²) in [7, 11) is 3.54. The zero-order valence-electron chi connectivity index (χ0n) is 19.1. The molecule has 0 bridgehead atoms. The third kappa shape index (κ3) is 6.56. The molecule has 0 amide bonds. The lowest BCUT2D eigenvalue weighted by Crippen LogP contribution is -2.39. The van der Waals surface area contributed by atoms with Crippen molar-refractivity contribution >= 4 is 0 Å². The molecule has 2 aromatic rings. The van der Waals surface area contributed by atoms with Crippen molar-refractivity contribution in [1.29, 1.82) is 0 Å². The minimum atomic E-state index is 0.402. The van der Waals surface area contributed by atoms with Crippen LogP contribution in [-0.2, 0) is 17.8 Å². The Hall–Kier alpha value is -1.89. The molecule has 0 radical (unpaired) electrons.